The van der Waals surface area contributed by atoms with Gasteiger partial charge in [0, 0.05) is 18.1 Å². The maximum atomic E-state index is 10.6. The van der Waals surface area contributed by atoms with Gasteiger partial charge in [-0.1, -0.05) is 6.92 Å². The fourth-order valence-electron chi connectivity index (χ4n) is 1.03. The minimum absolute atomic E-state index is 0.425. The van der Waals surface area contributed by atoms with Crippen molar-refractivity contribution in [1.82, 2.24) is 4.98 Å². The van der Waals surface area contributed by atoms with Gasteiger partial charge in [-0.2, -0.15) is 0 Å². The third kappa shape index (κ3) is 2.43. The average molecular weight is 180 g/mol. The van der Waals surface area contributed by atoms with Crippen LogP contribution in [0, 0.1) is 5.92 Å². The van der Waals surface area contributed by atoms with Gasteiger partial charge in [0.15, 0.2) is 0 Å². The van der Waals surface area contributed by atoms with E-state index in [1.54, 1.807) is 25.4 Å². The van der Waals surface area contributed by atoms with E-state index in [1.165, 1.54) is 0 Å². The average Bonchev–Trinajstić information content (AvgIpc) is 2.08. The van der Waals surface area contributed by atoms with Crippen molar-refractivity contribution in [2.75, 3.05) is 5.73 Å². The summed E-state index contributed by atoms with van der Waals surface area (Å²) >= 11 is 0. The second kappa shape index (κ2) is 3.89. The van der Waals surface area contributed by atoms with Gasteiger partial charge in [-0.15, -0.1) is 0 Å². The molecule has 3 N–H and O–H groups in total. The second-order valence-corrected chi connectivity index (χ2v) is 3.02. The highest BCUT2D eigenvalue weighted by atomic mass is 16.4. The molecule has 0 bridgehead atoms. The number of carboxylic acids is 1. The molecule has 1 heterocycles. The number of hydrogen-bond acceptors (Lipinski definition) is 3. The largest absolute Gasteiger partial charge is 0.481 e. The summed E-state index contributed by atoms with van der Waals surface area (Å²) in [6.45, 7) is 1.65. The molecule has 0 radical (unpaired) electrons. The lowest BCUT2D eigenvalue weighted by Gasteiger charge is -2.07. The fourth-order valence-corrected chi connectivity index (χ4v) is 1.03. The first-order valence-electron chi connectivity index (χ1n) is 4.02. The van der Waals surface area contributed by atoms with Gasteiger partial charge in [0.05, 0.1) is 5.92 Å². The summed E-state index contributed by atoms with van der Waals surface area (Å²) in [5.41, 5.74) is 7.03. The molecule has 70 valence electrons. The molecule has 1 aromatic heterocycles. The van der Waals surface area contributed by atoms with Crippen LogP contribution in [0.5, 0.6) is 0 Å². The van der Waals surface area contributed by atoms with Gasteiger partial charge in [0.25, 0.3) is 0 Å². The van der Waals surface area contributed by atoms with Crippen molar-refractivity contribution in [3.63, 3.8) is 0 Å². The Balaban J connectivity index is 2.74. The number of anilines is 1. The number of carboxylic acid groups (broad SMARTS) is 1. The van der Waals surface area contributed by atoms with Crippen LogP contribution in [0.3, 0.4) is 0 Å². The first-order valence-corrected chi connectivity index (χ1v) is 4.02. The molecular weight excluding hydrogens is 168 g/mol. The molecule has 0 aliphatic carbocycles. The Bertz CT molecular complexity index is 312. The highest BCUT2D eigenvalue weighted by molar-refractivity contribution is 5.70. The monoisotopic (exact) mass is 180 g/mol. The Morgan fingerprint density at radius 3 is 3.00 bits per heavy atom. The van der Waals surface area contributed by atoms with E-state index in [4.69, 9.17) is 10.8 Å². The number of nitrogens with zero attached hydrogens (tertiary/aromatic N) is 1. The Kier molecular flexibility index (Phi) is 2.84. The molecule has 0 aliphatic heterocycles. The second-order valence-electron chi connectivity index (χ2n) is 3.02. The molecule has 4 heteroatoms. The molecule has 1 rings (SSSR count). The third-order valence-corrected chi connectivity index (χ3v) is 1.89. The molecule has 1 aromatic rings. The Labute approximate surface area is 76.4 Å². The van der Waals surface area contributed by atoms with Crippen LogP contribution in [0.25, 0.3) is 0 Å². The van der Waals surface area contributed by atoms with Crippen LogP contribution >= 0.6 is 0 Å². The minimum Gasteiger partial charge on any atom is -0.481 e. The zero-order chi connectivity index (χ0) is 9.84. The van der Waals surface area contributed by atoms with Crippen molar-refractivity contribution in [3.8, 4) is 0 Å². The Hall–Kier alpha value is -1.58. The van der Waals surface area contributed by atoms with E-state index in [-0.39, 0.29) is 0 Å². The fraction of sp³-hybridized carbons (Fsp3) is 0.333. The topological polar surface area (TPSA) is 76.2 Å². The van der Waals surface area contributed by atoms with Crippen LogP contribution in [0.4, 0.5) is 5.69 Å². The molecule has 0 aromatic carbocycles. The predicted octanol–water partition coefficient (Wildman–Crippen LogP) is 0.927. The van der Waals surface area contributed by atoms with Crippen LogP contribution in [0.2, 0.25) is 0 Å². The number of aliphatic carboxylic acids is 1. The highest BCUT2D eigenvalue weighted by Crippen LogP contribution is 2.14. The van der Waals surface area contributed by atoms with Gasteiger partial charge in [-0.05, 0) is 18.1 Å². The Morgan fingerprint density at radius 2 is 2.46 bits per heavy atom. The molecule has 13 heavy (non-hydrogen) atoms. The van der Waals surface area contributed by atoms with Gasteiger partial charge in [-0.25, -0.2) is 0 Å². The molecule has 0 amide bonds. The standard InChI is InChI=1S/C9H12N2O2/c1-6(9(12)13)4-7-5-11-3-2-8(7)10/h2-3,5-6H,4H2,1H3,(H2,10,11)(H,12,13). The Morgan fingerprint density at radius 1 is 1.77 bits per heavy atom. The van der Waals surface area contributed by atoms with Gasteiger partial charge in [0.2, 0.25) is 0 Å². The summed E-state index contributed by atoms with van der Waals surface area (Å²) in [6.07, 6.45) is 3.62. The van der Waals surface area contributed by atoms with E-state index in [9.17, 15) is 4.79 Å². The molecule has 4 nitrogen and oxygen atoms in total. The first kappa shape index (κ1) is 9.51. The van der Waals surface area contributed by atoms with Crippen molar-refractivity contribution in [2.24, 2.45) is 5.92 Å². The normalized spacial score (nSPS) is 12.4. The smallest absolute Gasteiger partial charge is 0.306 e. The van der Waals surface area contributed by atoms with Gasteiger partial charge < -0.3 is 10.8 Å². The van der Waals surface area contributed by atoms with Crippen molar-refractivity contribution >= 4 is 11.7 Å². The molecule has 0 saturated carbocycles. The highest BCUT2D eigenvalue weighted by Gasteiger charge is 2.12. The number of hydrogen-bond donors (Lipinski definition) is 2. The van der Waals surface area contributed by atoms with Crippen LogP contribution < -0.4 is 5.73 Å². The number of aromatic nitrogens is 1. The van der Waals surface area contributed by atoms with E-state index in [0.717, 1.165) is 5.56 Å². The number of carbonyl (C=O) groups is 1. The number of rotatable bonds is 3. The van der Waals surface area contributed by atoms with E-state index in [0.29, 0.717) is 12.1 Å². The van der Waals surface area contributed by atoms with Crippen LogP contribution in [-0.2, 0) is 11.2 Å². The molecule has 0 fully saturated rings. The van der Waals surface area contributed by atoms with Crippen molar-refractivity contribution in [3.05, 3.63) is 24.0 Å². The maximum absolute atomic E-state index is 10.6. The zero-order valence-corrected chi connectivity index (χ0v) is 7.40. The lowest BCUT2D eigenvalue weighted by molar-refractivity contribution is -0.141. The summed E-state index contributed by atoms with van der Waals surface area (Å²) in [6, 6.07) is 1.67. The van der Waals surface area contributed by atoms with Crippen molar-refractivity contribution in [2.45, 2.75) is 13.3 Å². The number of pyridine rings is 1. The summed E-state index contributed by atoms with van der Waals surface area (Å²) in [4.78, 5) is 14.4. The van der Waals surface area contributed by atoms with Crippen LogP contribution in [0.1, 0.15) is 12.5 Å². The number of nitrogens with two attached hydrogens (primary N) is 1. The van der Waals surface area contributed by atoms with Crippen LogP contribution in [0.15, 0.2) is 18.5 Å². The van der Waals surface area contributed by atoms with E-state index in [2.05, 4.69) is 4.98 Å². The molecule has 1 unspecified atom stereocenters. The maximum Gasteiger partial charge on any atom is 0.306 e. The minimum atomic E-state index is -0.816. The molecule has 0 saturated heterocycles. The quantitative estimate of drug-likeness (QED) is 0.725. The summed E-state index contributed by atoms with van der Waals surface area (Å²) in [5, 5.41) is 8.67. The van der Waals surface area contributed by atoms with Crippen LogP contribution in [-0.4, -0.2) is 16.1 Å². The molecule has 0 spiro atoms. The SMILES string of the molecule is CC(Cc1cnccc1N)C(=O)O. The third-order valence-electron chi connectivity index (χ3n) is 1.89. The first-order chi connectivity index (χ1) is 6.11. The van der Waals surface area contributed by atoms with Crippen molar-refractivity contribution in [1.29, 1.82) is 0 Å². The van der Waals surface area contributed by atoms with Gasteiger partial charge in [0.1, 0.15) is 0 Å². The lowest BCUT2D eigenvalue weighted by atomic mass is 10.0. The predicted molar refractivity (Wildman–Crippen MR) is 49.2 cm³/mol. The van der Waals surface area contributed by atoms with Gasteiger partial charge in [-0.3, -0.25) is 9.78 Å². The van der Waals surface area contributed by atoms with E-state index >= 15 is 0 Å². The number of nitrogen functional groups attached to an aromatic ring is 1. The molecule has 0 aliphatic rings. The summed E-state index contributed by atoms with van der Waals surface area (Å²) < 4.78 is 0. The molecule has 1 atom stereocenters. The zero-order valence-electron chi connectivity index (χ0n) is 7.40. The van der Waals surface area contributed by atoms with E-state index in [1.807, 2.05) is 0 Å². The van der Waals surface area contributed by atoms with Crippen molar-refractivity contribution < 1.29 is 9.90 Å². The lowest BCUT2D eigenvalue weighted by Crippen LogP contribution is -2.13. The van der Waals surface area contributed by atoms with Gasteiger partial charge >= 0.3 is 5.97 Å². The van der Waals surface area contributed by atoms with E-state index < -0.39 is 11.9 Å². The molecular formula is C9H12N2O2. The summed E-state index contributed by atoms with van der Waals surface area (Å²) in [7, 11) is 0. The summed E-state index contributed by atoms with van der Waals surface area (Å²) in [5.74, 6) is -1.24.